The van der Waals surface area contributed by atoms with Crippen molar-refractivity contribution in [2.24, 2.45) is 5.73 Å². The van der Waals surface area contributed by atoms with Crippen molar-refractivity contribution < 1.29 is 9.84 Å². The predicted octanol–water partition coefficient (Wildman–Crippen LogP) is 2.69. The lowest BCUT2D eigenvalue weighted by Crippen LogP contribution is -2.28. The van der Waals surface area contributed by atoms with Crippen LogP contribution >= 0.6 is 0 Å². The zero-order chi connectivity index (χ0) is 14.4. The SMILES string of the molecule is CCOc1ccc([C@@H](N)[C@@H](O)Cc2ccccc2)cc1. The third-order valence-corrected chi connectivity index (χ3v) is 3.28. The van der Waals surface area contributed by atoms with Crippen LogP contribution in [-0.2, 0) is 6.42 Å². The van der Waals surface area contributed by atoms with Crippen molar-refractivity contribution in [3.8, 4) is 5.75 Å². The highest BCUT2D eigenvalue weighted by Gasteiger charge is 2.17. The Morgan fingerprint density at radius 1 is 1.05 bits per heavy atom. The molecule has 0 unspecified atom stereocenters. The Morgan fingerprint density at radius 2 is 1.70 bits per heavy atom. The van der Waals surface area contributed by atoms with Gasteiger partial charge in [0.1, 0.15) is 5.75 Å². The highest BCUT2D eigenvalue weighted by atomic mass is 16.5. The van der Waals surface area contributed by atoms with Gasteiger partial charge < -0.3 is 15.6 Å². The lowest BCUT2D eigenvalue weighted by molar-refractivity contribution is 0.145. The van der Waals surface area contributed by atoms with Crippen LogP contribution in [0.1, 0.15) is 24.1 Å². The smallest absolute Gasteiger partial charge is 0.119 e. The van der Waals surface area contributed by atoms with Crippen molar-refractivity contribution in [1.29, 1.82) is 0 Å². The second-order valence-corrected chi connectivity index (χ2v) is 4.78. The summed E-state index contributed by atoms with van der Waals surface area (Å²) in [5.74, 6) is 0.820. The van der Waals surface area contributed by atoms with E-state index in [0.29, 0.717) is 13.0 Å². The van der Waals surface area contributed by atoms with Gasteiger partial charge in [0.05, 0.1) is 18.8 Å². The molecule has 2 atom stereocenters. The first kappa shape index (κ1) is 14.6. The van der Waals surface area contributed by atoms with Crippen LogP contribution in [0.3, 0.4) is 0 Å². The van der Waals surface area contributed by atoms with Gasteiger partial charge in [0.25, 0.3) is 0 Å². The fourth-order valence-electron chi connectivity index (χ4n) is 2.16. The Morgan fingerprint density at radius 3 is 2.30 bits per heavy atom. The third-order valence-electron chi connectivity index (χ3n) is 3.28. The van der Waals surface area contributed by atoms with Crippen molar-refractivity contribution in [3.05, 3.63) is 65.7 Å². The summed E-state index contributed by atoms with van der Waals surface area (Å²) in [6.45, 7) is 2.59. The van der Waals surface area contributed by atoms with Crippen LogP contribution in [0.4, 0.5) is 0 Å². The van der Waals surface area contributed by atoms with E-state index in [1.165, 1.54) is 0 Å². The molecule has 0 saturated heterocycles. The molecule has 0 radical (unpaired) electrons. The quantitative estimate of drug-likeness (QED) is 0.849. The van der Waals surface area contributed by atoms with Crippen LogP contribution in [0.15, 0.2) is 54.6 Å². The number of rotatable bonds is 6. The molecular formula is C17H21NO2. The van der Waals surface area contributed by atoms with Gasteiger partial charge in [0.2, 0.25) is 0 Å². The van der Waals surface area contributed by atoms with Crippen LogP contribution < -0.4 is 10.5 Å². The molecule has 3 N–H and O–H groups in total. The van der Waals surface area contributed by atoms with E-state index in [2.05, 4.69) is 0 Å². The standard InChI is InChI=1S/C17H21NO2/c1-2-20-15-10-8-14(9-11-15)17(18)16(19)12-13-6-4-3-5-7-13/h3-11,16-17,19H,2,12,18H2,1H3/t16-,17+/m0/s1. The lowest BCUT2D eigenvalue weighted by Gasteiger charge is -2.19. The number of hydrogen-bond acceptors (Lipinski definition) is 3. The molecule has 3 nitrogen and oxygen atoms in total. The summed E-state index contributed by atoms with van der Waals surface area (Å²) >= 11 is 0. The molecule has 0 fully saturated rings. The Hall–Kier alpha value is -1.84. The zero-order valence-corrected chi connectivity index (χ0v) is 11.7. The number of nitrogens with two attached hydrogens (primary N) is 1. The minimum Gasteiger partial charge on any atom is -0.494 e. The van der Waals surface area contributed by atoms with Crippen molar-refractivity contribution in [1.82, 2.24) is 0 Å². The first-order valence-corrected chi connectivity index (χ1v) is 6.91. The average Bonchev–Trinajstić information content (AvgIpc) is 2.48. The van der Waals surface area contributed by atoms with Crippen molar-refractivity contribution >= 4 is 0 Å². The Bertz CT molecular complexity index is 510. The average molecular weight is 271 g/mol. The number of benzene rings is 2. The Kier molecular flexibility index (Phi) is 5.16. The van der Waals surface area contributed by atoms with Crippen LogP contribution in [0.25, 0.3) is 0 Å². The van der Waals surface area contributed by atoms with E-state index < -0.39 is 12.1 Å². The fourth-order valence-corrected chi connectivity index (χ4v) is 2.16. The molecule has 106 valence electrons. The molecule has 0 aliphatic rings. The normalized spacial score (nSPS) is 13.8. The highest BCUT2D eigenvalue weighted by molar-refractivity contribution is 5.30. The molecule has 0 aliphatic carbocycles. The molecule has 0 heterocycles. The molecule has 20 heavy (non-hydrogen) atoms. The maximum atomic E-state index is 10.2. The number of hydrogen-bond donors (Lipinski definition) is 2. The second-order valence-electron chi connectivity index (χ2n) is 4.78. The maximum absolute atomic E-state index is 10.2. The van der Waals surface area contributed by atoms with Crippen molar-refractivity contribution in [3.63, 3.8) is 0 Å². The third kappa shape index (κ3) is 3.83. The van der Waals surface area contributed by atoms with E-state index in [9.17, 15) is 5.11 Å². The van der Waals surface area contributed by atoms with Crippen LogP contribution in [0.2, 0.25) is 0 Å². The van der Waals surface area contributed by atoms with Crippen LogP contribution in [0, 0.1) is 0 Å². The summed E-state index contributed by atoms with van der Waals surface area (Å²) in [6.07, 6.45) is -0.0507. The van der Waals surface area contributed by atoms with Gasteiger partial charge in [-0.25, -0.2) is 0 Å². The molecule has 2 aromatic rings. The summed E-state index contributed by atoms with van der Waals surface area (Å²) in [6, 6.07) is 17.1. The monoisotopic (exact) mass is 271 g/mol. The largest absolute Gasteiger partial charge is 0.494 e. The summed E-state index contributed by atoms with van der Waals surface area (Å²) in [4.78, 5) is 0. The van der Waals surface area contributed by atoms with Crippen LogP contribution in [-0.4, -0.2) is 17.8 Å². The van der Waals surface area contributed by atoms with Crippen molar-refractivity contribution in [2.75, 3.05) is 6.61 Å². The minimum atomic E-state index is -0.602. The van der Waals surface area contributed by atoms with Gasteiger partial charge in [-0.3, -0.25) is 0 Å². The van der Waals surface area contributed by atoms with Crippen molar-refractivity contribution in [2.45, 2.75) is 25.5 Å². The van der Waals surface area contributed by atoms with E-state index in [1.54, 1.807) is 0 Å². The van der Waals surface area contributed by atoms with Gasteiger partial charge >= 0.3 is 0 Å². The lowest BCUT2D eigenvalue weighted by atomic mass is 9.97. The number of ether oxygens (including phenoxy) is 1. The van der Waals surface area contributed by atoms with E-state index in [-0.39, 0.29) is 0 Å². The Balaban J connectivity index is 2.00. The summed E-state index contributed by atoms with van der Waals surface area (Å²) in [5.41, 5.74) is 8.12. The van der Waals surface area contributed by atoms with E-state index in [4.69, 9.17) is 10.5 Å². The van der Waals surface area contributed by atoms with Gasteiger partial charge in [-0.2, -0.15) is 0 Å². The van der Waals surface area contributed by atoms with Gasteiger partial charge in [-0.1, -0.05) is 42.5 Å². The summed E-state index contributed by atoms with van der Waals surface area (Å²) in [7, 11) is 0. The number of aliphatic hydroxyl groups excluding tert-OH is 1. The van der Waals surface area contributed by atoms with E-state index in [0.717, 1.165) is 16.9 Å². The maximum Gasteiger partial charge on any atom is 0.119 e. The van der Waals surface area contributed by atoms with E-state index >= 15 is 0 Å². The molecule has 2 aromatic carbocycles. The number of aliphatic hydroxyl groups is 1. The molecule has 0 aliphatic heterocycles. The summed E-state index contributed by atoms with van der Waals surface area (Å²) < 4.78 is 5.39. The van der Waals surface area contributed by atoms with Gasteiger partial charge in [0.15, 0.2) is 0 Å². The molecule has 0 spiro atoms. The van der Waals surface area contributed by atoms with Gasteiger partial charge in [0, 0.05) is 6.42 Å². The first-order valence-electron chi connectivity index (χ1n) is 6.91. The highest BCUT2D eigenvalue weighted by Crippen LogP contribution is 2.20. The predicted molar refractivity (Wildman–Crippen MR) is 80.7 cm³/mol. The first-order chi connectivity index (χ1) is 9.70. The topological polar surface area (TPSA) is 55.5 Å². The van der Waals surface area contributed by atoms with E-state index in [1.807, 2.05) is 61.5 Å². The zero-order valence-electron chi connectivity index (χ0n) is 11.7. The Labute approximate surface area is 120 Å². The summed E-state index contributed by atoms with van der Waals surface area (Å²) in [5, 5.41) is 10.2. The van der Waals surface area contributed by atoms with Crippen LogP contribution in [0.5, 0.6) is 5.75 Å². The van der Waals surface area contributed by atoms with Gasteiger partial charge in [-0.15, -0.1) is 0 Å². The molecule has 0 saturated carbocycles. The molecule has 3 heteroatoms. The molecule has 0 aromatic heterocycles. The molecule has 0 amide bonds. The minimum absolute atomic E-state index is 0.397. The molecule has 0 bridgehead atoms. The van der Waals surface area contributed by atoms with Gasteiger partial charge in [-0.05, 0) is 30.2 Å². The molecule has 2 rings (SSSR count). The molecular weight excluding hydrogens is 250 g/mol. The second kappa shape index (κ2) is 7.08. The fraction of sp³-hybridized carbons (Fsp3) is 0.294.